The van der Waals surface area contributed by atoms with E-state index in [0.29, 0.717) is 30.9 Å². The van der Waals surface area contributed by atoms with Gasteiger partial charge in [-0.2, -0.15) is 0 Å². The fraction of sp³-hybridized carbons (Fsp3) is 0.217. The van der Waals surface area contributed by atoms with Crippen LogP contribution in [0.25, 0.3) is 16.0 Å². The summed E-state index contributed by atoms with van der Waals surface area (Å²) in [5.41, 5.74) is 3.89. The number of aryl methyl sites for hydroxylation is 2. The number of carbonyl (C=O) groups is 1. The van der Waals surface area contributed by atoms with E-state index in [9.17, 15) is 9.59 Å². The number of methoxy groups -OCH3 is 1. The van der Waals surface area contributed by atoms with Crippen LogP contribution in [0.15, 0.2) is 52.4 Å². The van der Waals surface area contributed by atoms with Crippen molar-refractivity contribution in [1.82, 2.24) is 14.1 Å². The Kier molecular flexibility index (Phi) is 6.68. The van der Waals surface area contributed by atoms with Crippen LogP contribution in [0.1, 0.15) is 11.1 Å². The van der Waals surface area contributed by atoms with Crippen LogP contribution >= 0.6 is 35.3 Å². The summed E-state index contributed by atoms with van der Waals surface area (Å²) in [6.07, 6.45) is 0. The number of benzene rings is 2. The van der Waals surface area contributed by atoms with Gasteiger partial charge in [-0.25, -0.2) is 4.98 Å². The number of amides is 1. The van der Waals surface area contributed by atoms with Gasteiger partial charge in [-0.15, -0.1) is 0 Å². The molecule has 0 aliphatic heterocycles. The predicted octanol–water partition coefficient (Wildman–Crippen LogP) is 4.87. The van der Waals surface area contributed by atoms with Crippen LogP contribution in [0, 0.1) is 17.8 Å². The molecule has 0 saturated heterocycles. The minimum absolute atomic E-state index is 0.0816. The van der Waals surface area contributed by atoms with Crippen molar-refractivity contribution in [2.24, 2.45) is 7.05 Å². The van der Waals surface area contributed by atoms with Crippen LogP contribution in [0.5, 0.6) is 5.75 Å². The molecule has 0 bridgehead atoms. The average Bonchev–Trinajstić information content (AvgIpc) is 3.12. The third-order valence-electron chi connectivity index (χ3n) is 5.03. The summed E-state index contributed by atoms with van der Waals surface area (Å²) in [6.45, 7) is 3.95. The lowest BCUT2D eigenvalue weighted by atomic mass is 10.2. The number of fused-ring (bicyclic) bond motifs is 1. The van der Waals surface area contributed by atoms with Gasteiger partial charge < -0.3 is 10.1 Å². The zero-order chi connectivity index (χ0) is 23.7. The molecule has 0 fully saturated rings. The summed E-state index contributed by atoms with van der Waals surface area (Å²) >= 11 is 7.97. The van der Waals surface area contributed by atoms with E-state index < -0.39 is 0 Å². The van der Waals surface area contributed by atoms with Gasteiger partial charge in [-0.3, -0.25) is 18.7 Å². The zero-order valence-electron chi connectivity index (χ0n) is 18.5. The third-order valence-corrected chi connectivity index (χ3v) is 7.41. The van der Waals surface area contributed by atoms with Crippen molar-refractivity contribution in [2.45, 2.75) is 19.0 Å². The number of nitrogens with zero attached hydrogens (tertiary/aromatic N) is 3. The molecule has 0 atom stereocenters. The average molecular weight is 499 g/mol. The molecule has 170 valence electrons. The molecule has 7 nitrogen and oxygen atoms in total. The second-order valence-electron chi connectivity index (χ2n) is 7.49. The minimum atomic E-state index is -0.223. The van der Waals surface area contributed by atoms with Crippen LogP contribution in [-0.2, 0) is 11.8 Å². The van der Waals surface area contributed by atoms with Crippen molar-refractivity contribution in [2.75, 3.05) is 18.2 Å². The first-order chi connectivity index (χ1) is 15.8. The molecular formula is C23H22N4O3S3. The Bertz CT molecular complexity index is 1470. The van der Waals surface area contributed by atoms with E-state index in [2.05, 4.69) is 5.32 Å². The number of hydrogen-bond donors (Lipinski definition) is 1. The standard InChI is InChI=1S/C23H22N4O3S3/c1-13-5-8-15(9-6-13)27-20-19(33-23(27)31)21(29)26(3)22(25-20)32-12-18(28)24-16-11-14(2)7-10-17(16)30-4/h5-11H,12H2,1-4H3,(H,24,28). The fourth-order valence-electron chi connectivity index (χ4n) is 3.30. The first-order valence-electron chi connectivity index (χ1n) is 10.1. The lowest BCUT2D eigenvalue weighted by Crippen LogP contribution is -2.21. The summed E-state index contributed by atoms with van der Waals surface area (Å²) in [5.74, 6) is 0.443. The highest BCUT2D eigenvalue weighted by atomic mass is 32.2. The highest BCUT2D eigenvalue weighted by molar-refractivity contribution is 7.99. The Balaban J connectivity index is 1.64. The number of hydrogen-bond acceptors (Lipinski definition) is 7. The van der Waals surface area contributed by atoms with Gasteiger partial charge in [0, 0.05) is 12.7 Å². The van der Waals surface area contributed by atoms with E-state index in [1.54, 1.807) is 18.7 Å². The topological polar surface area (TPSA) is 78.2 Å². The van der Waals surface area contributed by atoms with Gasteiger partial charge in [-0.05, 0) is 55.9 Å². The van der Waals surface area contributed by atoms with E-state index in [4.69, 9.17) is 21.9 Å². The van der Waals surface area contributed by atoms with Crippen LogP contribution in [0.2, 0.25) is 0 Å². The largest absolute Gasteiger partial charge is 0.495 e. The van der Waals surface area contributed by atoms with Gasteiger partial charge in [0.15, 0.2) is 14.8 Å². The Morgan fingerprint density at radius 1 is 1.18 bits per heavy atom. The van der Waals surface area contributed by atoms with Crippen LogP contribution < -0.4 is 15.6 Å². The summed E-state index contributed by atoms with van der Waals surface area (Å²) in [7, 11) is 3.21. The van der Waals surface area contributed by atoms with Crippen molar-refractivity contribution >= 4 is 57.3 Å². The van der Waals surface area contributed by atoms with Gasteiger partial charge >= 0.3 is 0 Å². The Morgan fingerprint density at radius 3 is 2.58 bits per heavy atom. The number of anilines is 1. The van der Waals surface area contributed by atoms with Gasteiger partial charge in [0.2, 0.25) is 5.91 Å². The van der Waals surface area contributed by atoms with E-state index in [-0.39, 0.29) is 17.2 Å². The molecule has 2 heterocycles. The Morgan fingerprint density at radius 2 is 1.88 bits per heavy atom. The number of rotatable bonds is 6. The zero-order valence-corrected chi connectivity index (χ0v) is 21.0. The molecule has 0 radical (unpaired) electrons. The quantitative estimate of drug-likeness (QED) is 0.232. The van der Waals surface area contributed by atoms with Crippen molar-refractivity contribution < 1.29 is 9.53 Å². The molecule has 1 N–H and O–H groups in total. The summed E-state index contributed by atoms with van der Waals surface area (Å²) in [6, 6.07) is 13.4. The molecule has 4 aromatic rings. The van der Waals surface area contributed by atoms with Gasteiger partial charge in [0.05, 0.1) is 18.6 Å². The van der Waals surface area contributed by atoms with Crippen LogP contribution in [0.3, 0.4) is 0 Å². The molecule has 0 aliphatic carbocycles. The molecule has 0 spiro atoms. The fourth-order valence-corrected chi connectivity index (χ4v) is 5.41. The third kappa shape index (κ3) is 4.73. The highest BCUT2D eigenvalue weighted by Crippen LogP contribution is 2.27. The second kappa shape index (κ2) is 9.50. The van der Waals surface area contributed by atoms with Crippen LogP contribution in [-0.4, -0.2) is 32.9 Å². The maximum atomic E-state index is 13.0. The van der Waals surface area contributed by atoms with Crippen molar-refractivity contribution in [1.29, 1.82) is 0 Å². The molecule has 10 heteroatoms. The van der Waals surface area contributed by atoms with Gasteiger partial charge in [-0.1, -0.05) is 46.9 Å². The molecule has 2 aromatic carbocycles. The van der Waals surface area contributed by atoms with E-state index in [1.807, 2.05) is 56.3 Å². The molecular weight excluding hydrogens is 476 g/mol. The lowest BCUT2D eigenvalue weighted by molar-refractivity contribution is -0.113. The van der Waals surface area contributed by atoms with E-state index in [0.717, 1.165) is 16.8 Å². The maximum Gasteiger partial charge on any atom is 0.273 e. The van der Waals surface area contributed by atoms with Crippen molar-refractivity contribution in [3.05, 3.63) is 67.9 Å². The lowest BCUT2D eigenvalue weighted by Gasteiger charge is -2.12. The summed E-state index contributed by atoms with van der Waals surface area (Å²) < 4.78 is 9.61. The maximum absolute atomic E-state index is 13.0. The molecule has 4 rings (SSSR count). The monoisotopic (exact) mass is 498 g/mol. The minimum Gasteiger partial charge on any atom is -0.495 e. The first kappa shape index (κ1) is 23.2. The SMILES string of the molecule is COc1ccc(C)cc1NC(=O)CSc1nc2c(sc(=S)n2-c2ccc(C)cc2)c(=O)n1C. The molecule has 33 heavy (non-hydrogen) atoms. The normalized spacial score (nSPS) is 11.0. The number of carbonyl (C=O) groups excluding carboxylic acids is 1. The highest BCUT2D eigenvalue weighted by Gasteiger charge is 2.17. The van der Waals surface area contributed by atoms with Gasteiger partial charge in [0.1, 0.15) is 10.4 Å². The van der Waals surface area contributed by atoms with Crippen molar-refractivity contribution in [3.63, 3.8) is 0 Å². The number of thiazole rings is 1. The Hall–Kier alpha value is -2.95. The van der Waals surface area contributed by atoms with Crippen LogP contribution in [0.4, 0.5) is 5.69 Å². The second-order valence-corrected chi connectivity index (χ2v) is 10.1. The molecule has 1 amide bonds. The first-order valence-corrected chi connectivity index (χ1v) is 12.3. The van der Waals surface area contributed by atoms with Crippen molar-refractivity contribution in [3.8, 4) is 11.4 Å². The Labute approximate surface area is 204 Å². The molecule has 0 saturated carbocycles. The summed E-state index contributed by atoms with van der Waals surface area (Å²) in [4.78, 5) is 30.3. The predicted molar refractivity (Wildman–Crippen MR) is 137 cm³/mol. The molecule has 0 aliphatic rings. The van der Waals surface area contributed by atoms with E-state index in [1.165, 1.54) is 27.7 Å². The molecule has 0 unspecified atom stereocenters. The number of thioether (sulfide) groups is 1. The smallest absolute Gasteiger partial charge is 0.273 e. The number of ether oxygens (including phenoxy) is 1. The van der Waals surface area contributed by atoms with Gasteiger partial charge in [0.25, 0.3) is 5.56 Å². The number of aromatic nitrogens is 3. The van der Waals surface area contributed by atoms with E-state index >= 15 is 0 Å². The molecule has 2 aromatic heterocycles. The summed E-state index contributed by atoms with van der Waals surface area (Å²) in [5, 5.41) is 3.31. The number of nitrogens with one attached hydrogen (secondary N) is 1.